The Kier molecular flexibility index (Phi) is 5.66. The standard InChI is InChI=1S/C15H23ClN2O2S/c1-3-4-12-7-8-18(11-12)21(19,20)14-6-5-13(10-17-2)15(16)9-14/h5-6,9,12,17H,3-4,7-8,10-11H2,1-2H3. The lowest BCUT2D eigenvalue weighted by Gasteiger charge is -2.17. The van der Waals surface area contributed by atoms with E-state index in [1.54, 1.807) is 22.5 Å². The topological polar surface area (TPSA) is 49.4 Å². The average molecular weight is 331 g/mol. The molecule has 21 heavy (non-hydrogen) atoms. The average Bonchev–Trinajstić information content (AvgIpc) is 2.91. The highest BCUT2D eigenvalue weighted by atomic mass is 35.5. The van der Waals surface area contributed by atoms with E-state index in [2.05, 4.69) is 12.2 Å². The highest BCUT2D eigenvalue weighted by molar-refractivity contribution is 7.89. The van der Waals surface area contributed by atoms with Gasteiger partial charge in [0.25, 0.3) is 0 Å². The van der Waals surface area contributed by atoms with Gasteiger partial charge in [0.1, 0.15) is 0 Å². The zero-order valence-corrected chi connectivity index (χ0v) is 14.2. The molecular formula is C15H23ClN2O2S. The number of rotatable bonds is 6. The minimum atomic E-state index is -3.42. The van der Waals surface area contributed by atoms with Crippen molar-refractivity contribution in [1.29, 1.82) is 0 Å². The first kappa shape index (κ1) is 16.7. The first-order valence-corrected chi connectivity index (χ1v) is 9.24. The highest BCUT2D eigenvalue weighted by Crippen LogP contribution is 2.29. The summed E-state index contributed by atoms with van der Waals surface area (Å²) in [6, 6.07) is 5.00. The van der Waals surface area contributed by atoms with Gasteiger partial charge in [-0.3, -0.25) is 0 Å². The van der Waals surface area contributed by atoms with Crippen molar-refractivity contribution in [3.8, 4) is 0 Å². The first-order chi connectivity index (χ1) is 9.98. The van der Waals surface area contributed by atoms with Crippen LogP contribution in [0.4, 0.5) is 0 Å². The second-order valence-corrected chi connectivity index (χ2v) is 7.94. The summed E-state index contributed by atoms with van der Waals surface area (Å²) < 4.78 is 26.9. The molecule has 1 atom stereocenters. The molecule has 2 rings (SSSR count). The van der Waals surface area contributed by atoms with Crippen molar-refractivity contribution >= 4 is 21.6 Å². The molecular weight excluding hydrogens is 308 g/mol. The lowest BCUT2D eigenvalue weighted by atomic mass is 10.0. The van der Waals surface area contributed by atoms with Gasteiger partial charge in [-0.05, 0) is 43.5 Å². The second-order valence-electron chi connectivity index (χ2n) is 5.59. The van der Waals surface area contributed by atoms with Crippen LogP contribution in [-0.4, -0.2) is 32.9 Å². The third-order valence-electron chi connectivity index (χ3n) is 3.98. The zero-order valence-electron chi connectivity index (χ0n) is 12.6. The highest BCUT2D eigenvalue weighted by Gasteiger charge is 2.32. The van der Waals surface area contributed by atoms with Crippen LogP contribution in [0.2, 0.25) is 5.02 Å². The Morgan fingerprint density at radius 3 is 2.81 bits per heavy atom. The van der Waals surface area contributed by atoms with Gasteiger partial charge in [-0.2, -0.15) is 4.31 Å². The van der Waals surface area contributed by atoms with E-state index in [4.69, 9.17) is 11.6 Å². The molecule has 1 saturated heterocycles. The smallest absolute Gasteiger partial charge is 0.243 e. The minimum Gasteiger partial charge on any atom is -0.316 e. The fourth-order valence-electron chi connectivity index (χ4n) is 2.83. The van der Waals surface area contributed by atoms with E-state index in [1.807, 2.05) is 7.05 Å². The van der Waals surface area contributed by atoms with Gasteiger partial charge in [0.15, 0.2) is 0 Å². The van der Waals surface area contributed by atoms with Crippen molar-refractivity contribution in [2.24, 2.45) is 5.92 Å². The normalized spacial score (nSPS) is 20.0. The molecule has 0 radical (unpaired) electrons. The Morgan fingerprint density at radius 2 is 2.19 bits per heavy atom. The molecule has 4 nitrogen and oxygen atoms in total. The Morgan fingerprint density at radius 1 is 1.43 bits per heavy atom. The van der Waals surface area contributed by atoms with Gasteiger partial charge < -0.3 is 5.32 Å². The molecule has 6 heteroatoms. The summed E-state index contributed by atoms with van der Waals surface area (Å²) in [5, 5.41) is 3.51. The van der Waals surface area contributed by atoms with E-state index in [-0.39, 0.29) is 0 Å². The number of nitrogens with one attached hydrogen (secondary N) is 1. The molecule has 0 amide bonds. The fraction of sp³-hybridized carbons (Fsp3) is 0.600. The summed E-state index contributed by atoms with van der Waals surface area (Å²) in [5.41, 5.74) is 0.906. The molecule has 1 fully saturated rings. The van der Waals surface area contributed by atoms with Crippen molar-refractivity contribution in [1.82, 2.24) is 9.62 Å². The van der Waals surface area contributed by atoms with Crippen LogP contribution in [0.5, 0.6) is 0 Å². The van der Waals surface area contributed by atoms with Crippen molar-refractivity contribution < 1.29 is 8.42 Å². The molecule has 0 saturated carbocycles. The van der Waals surface area contributed by atoms with Crippen molar-refractivity contribution in [2.75, 3.05) is 20.1 Å². The quantitative estimate of drug-likeness (QED) is 0.872. The van der Waals surface area contributed by atoms with E-state index >= 15 is 0 Å². The first-order valence-electron chi connectivity index (χ1n) is 7.42. The van der Waals surface area contributed by atoms with Gasteiger partial charge >= 0.3 is 0 Å². The van der Waals surface area contributed by atoms with Crippen LogP contribution in [0, 0.1) is 5.92 Å². The Hall–Kier alpha value is -0.620. The van der Waals surface area contributed by atoms with Gasteiger partial charge in [-0.25, -0.2) is 8.42 Å². The molecule has 1 aliphatic heterocycles. The van der Waals surface area contributed by atoms with Gasteiger partial charge in [0.05, 0.1) is 4.90 Å². The SMILES string of the molecule is CCCC1CCN(S(=O)(=O)c2ccc(CNC)c(Cl)c2)C1. The summed E-state index contributed by atoms with van der Waals surface area (Å²) in [4.78, 5) is 0.296. The van der Waals surface area contributed by atoms with Gasteiger partial charge in [-0.1, -0.05) is 31.0 Å². The van der Waals surface area contributed by atoms with Crippen LogP contribution in [0.25, 0.3) is 0 Å². The summed E-state index contributed by atoms with van der Waals surface area (Å²) in [5.74, 6) is 0.490. The number of hydrogen-bond acceptors (Lipinski definition) is 3. The molecule has 1 aromatic carbocycles. The molecule has 1 aliphatic rings. The fourth-order valence-corrected chi connectivity index (χ4v) is 4.70. The van der Waals surface area contributed by atoms with Gasteiger partial charge in [0, 0.05) is 24.7 Å². The van der Waals surface area contributed by atoms with E-state index < -0.39 is 10.0 Å². The Labute approximate surface area is 132 Å². The second kappa shape index (κ2) is 7.09. The zero-order chi connectivity index (χ0) is 15.5. The van der Waals surface area contributed by atoms with Crippen LogP contribution < -0.4 is 5.32 Å². The van der Waals surface area contributed by atoms with Gasteiger partial charge in [-0.15, -0.1) is 0 Å². The van der Waals surface area contributed by atoms with Crippen LogP contribution in [0.15, 0.2) is 23.1 Å². The Bertz CT molecular complexity index is 589. The molecule has 1 aromatic rings. The summed E-state index contributed by atoms with van der Waals surface area (Å²) in [7, 11) is -1.58. The largest absolute Gasteiger partial charge is 0.316 e. The van der Waals surface area contributed by atoms with Crippen LogP contribution in [0.3, 0.4) is 0 Å². The molecule has 1 unspecified atom stereocenters. The van der Waals surface area contributed by atoms with E-state index in [9.17, 15) is 8.42 Å². The third kappa shape index (κ3) is 3.77. The van der Waals surface area contributed by atoms with E-state index in [0.717, 1.165) is 24.8 Å². The Balaban J connectivity index is 2.18. The monoisotopic (exact) mass is 330 g/mol. The number of halogens is 1. The maximum Gasteiger partial charge on any atom is 0.243 e. The molecule has 0 aliphatic carbocycles. The maximum atomic E-state index is 12.7. The van der Waals surface area contributed by atoms with Gasteiger partial charge in [0.2, 0.25) is 10.0 Å². The number of hydrogen-bond donors (Lipinski definition) is 1. The molecule has 1 heterocycles. The summed E-state index contributed by atoms with van der Waals surface area (Å²) in [6.45, 7) is 4.01. The lowest BCUT2D eigenvalue weighted by molar-refractivity contribution is 0.444. The predicted octanol–water partition coefficient (Wildman–Crippen LogP) is 2.87. The molecule has 0 bridgehead atoms. The molecule has 0 aromatic heterocycles. The number of sulfonamides is 1. The van der Waals surface area contributed by atoms with Crippen molar-refractivity contribution in [2.45, 2.75) is 37.6 Å². The van der Waals surface area contributed by atoms with Crippen molar-refractivity contribution in [3.05, 3.63) is 28.8 Å². The molecule has 0 spiro atoms. The van der Waals surface area contributed by atoms with E-state index in [0.29, 0.717) is 35.5 Å². The third-order valence-corrected chi connectivity index (χ3v) is 6.19. The molecule has 1 N–H and O–H groups in total. The van der Waals surface area contributed by atoms with Crippen molar-refractivity contribution in [3.63, 3.8) is 0 Å². The number of nitrogens with zero attached hydrogens (tertiary/aromatic N) is 1. The van der Waals surface area contributed by atoms with E-state index in [1.165, 1.54) is 0 Å². The lowest BCUT2D eigenvalue weighted by Crippen LogP contribution is -2.29. The van der Waals surface area contributed by atoms with Crippen LogP contribution >= 0.6 is 11.6 Å². The summed E-state index contributed by atoms with van der Waals surface area (Å²) >= 11 is 6.18. The van der Waals surface area contributed by atoms with Crippen LogP contribution in [0.1, 0.15) is 31.7 Å². The predicted molar refractivity (Wildman–Crippen MR) is 86.0 cm³/mol. The summed E-state index contributed by atoms with van der Waals surface area (Å²) in [6.07, 6.45) is 3.15. The van der Waals surface area contributed by atoms with Crippen LogP contribution in [-0.2, 0) is 16.6 Å². The molecule has 118 valence electrons. The maximum absolute atomic E-state index is 12.7. The minimum absolute atomic E-state index is 0.296. The number of benzene rings is 1.